The van der Waals surface area contributed by atoms with Gasteiger partial charge in [0.25, 0.3) is 0 Å². The highest BCUT2D eigenvalue weighted by molar-refractivity contribution is 7.09. The van der Waals surface area contributed by atoms with Crippen molar-refractivity contribution >= 4 is 23.0 Å². The zero-order chi connectivity index (χ0) is 12.8. The van der Waals surface area contributed by atoms with E-state index in [1.54, 1.807) is 17.7 Å². The van der Waals surface area contributed by atoms with Gasteiger partial charge in [-0.05, 0) is 13.8 Å². The van der Waals surface area contributed by atoms with Crippen molar-refractivity contribution in [3.8, 4) is 0 Å². The molecule has 0 aliphatic heterocycles. The van der Waals surface area contributed by atoms with Crippen LogP contribution in [0.5, 0.6) is 0 Å². The third-order valence-corrected chi connectivity index (χ3v) is 3.20. The topological polar surface area (TPSA) is 62.7 Å². The van der Waals surface area contributed by atoms with Gasteiger partial charge in [0.15, 0.2) is 0 Å². The molecule has 0 radical (unpaired) electrons. The van der Waals surface area contributed by atoms with E-state index in [-0.39, 0.29) is 0 Å². The molecule has 2 N–H and O–H groups in total. The van der Waals surface area contributed by atoms with Crippen molar-refractivity contribution in [2.45, 2.75) is 20.3 Å². The standard InChI is InChI=1S/C12H17N5S/c1-3-13-11-6-12(16-8-15-11)14-5-4-10-7-18-9(2)17-10/h6-8H,3-5H2,1-2H3,(H2,13,14,15,16). The van der Waals surface area contributed by atoms with E-state index < -0.39 is 0 Å². The van der Waals surface area contributed by atoms with Gasteiger partial charge in [0.1, 0.15) is 18.0 Å². The highest BCUT2D eigenvalue weighted by atomic mass is 32.1. The predicted octanol–water partition coefficient (Wildman–Crippen LogP) is 2.33. The van der Waals surface area contributed by atoms with Gasteiger partial charge >= 0.3 is 0 Å². The van der Waals surface area contributed by atoms with Crippen LogP contribution in [0.3, 0.4) is 0 Å². The van der Waals surface area contributed by atoms with Crippen LogP contribution in [0.2, 0.25) is 0 Å². The van der Waals surface area contributed by atoms with Gasteiger partial charge in [-0.2, -0.15) is 0 Å². The van der Waals surface area contributed by atoms with E-state index in [1.165, 1.54) is 0 Å². The maximum Gasteiger partial charge on any atom is 0.131 e. The Balaban J connectivity index is 1.84. The summed E-state index contributed by atoms with van der Waals surface area (Å²) in [5.74, 6) is 1.69. The largest absolute Gasteiger partial charge is 0.370 e. The van der Waals surface area contributed by atoms with Crippen LogP contribution < -0.4 is 10.6 Å². The lowest BCUT2D eigenvalue weighted by Gasteiger charge is -2.06. The zero-order valence-corrected chi connectivity index (χ0v) is 11.4. The molecule has 96 valence electrons. The van der Waals surface area contributed by atoms with Gasteiger partial charge in [0, 0.05) is 31.0 Å². The summed E-state index contributed by atoms with van der Waals surface area (Å²) < 4.78 is 0. The second-order valence-corrected chi connectivity index (χ2v) is 4.92. The third-order valence-electron chi connectivity index (χ3n) is 2.38. The van der Waals surface area contributed by atoms with Crippen LogP contribution in [-0.4, -0.2) is 28.0 Å². The van der Waals surface area contributed by atoms with E-state index in [0.717, 1.165) is 41.8 Å². The molecule has 0 unspecified atom stereocenters. The first-order valence-electron chi connectivity index (χ1n) is 5.98. The van der Waals surface area contributed by atoms with Crippen molar-refractivity contribution in [3.63, 3.8) is 0 Å². The third kappa shape index (κ3) is 3.66. The second-order valence-electron chi connectivity index (χ2n) is 3.85. The Morgan fingerprint density at radius 2 is 2.00 bits per heavy atom. The molecule has 0 atom stereocenters. The van der Waals surface area contributed by atoms with Gasteiger partial charge in [-0.25, -0.2) is 15.0 Å². The van der Waals surface area contributed by atoms with Crippen molar-refractivity contribution in [3.05, 3.63) is 28.5 Å². The second kappa shape index (κ2) is 6.30. The Labute approximate surface area is 111 Å². The molecule has 0 bridgehead atoms. The molecule has 0 aliphatic carbocycles. The number of nitrogens with zero attached hydrogens (tertiary/aromatic N) is 3. The van der Waals surface area contributed by atoms with Crippen LogP contribution in [0.4, 0.5) is 11.6 Å². The molecule has 0 spiro atoms. The Bertz CT molecular complexity index is 497. The molecule has 6 heteroatoms. The lowest BCUT2D eigenvalue weighted by molar-refractivity contribution is 0.956. The molecule has 18 heavy (non-hydrogen) atoms. The summed E-state index contributed by atoms with van der Waals surface area (Å²) in [6, 6.07) is 1.91. The van der Waals surface area contributed by atoms with Crippen molar-refractivity contribution in [1.82, 2.24) is 15.0 Å². The number of nitrogens with one attached hydrogen (secondary N) is 2. The normalized spacial score (nSPS) is 10.3. The van der Waals surface area contributed by atoms with Crippen LogP contribution in [0, 0.1) is 6.92 Å². The molecular weight excluding hydrogens is 246 g/mol. The van der Waals surface area contributed by atoms with E-state index in [9.17, 15) is 0 Å². The summed E-state index contributed by atoms with van der Waals surface area (Å²) in [5.41, 5.74) is 1.13. The molecule has 0 amide bonds. The van der Waals surface area contributed by atoms with E-state index in [1.807, 2.05) is 19.9 Å². The smallest absolute Gasteiger partial charge is 0.131 e. The molecule has 5 nitrogen and oxygen atoms in total. The quantitative estimate of drug-likeness (QED) is 0.837. The van der Waals surface area contributed by atoms with Crippen molar-refractivity contribution in [2.24, 2.45) is 0 Å². The van der Waals surface area contributed by atoms with Crippen LogP contribution in [0.25, 0.3) is 0 Å². The van der Waals surface area contributed by atoms with Gasteiger partial charge in [0.2, 0.25) is 0 Å². The first-order chi connectivity index (χ1) is 8.78. The summed E-state index contributed by atoms with van der Waals surface area (Å²) in [5, 5.41) is 9.64. The Hall–Kier alpha value is -1.69. The van der Waals surface area contributed by atoms with Gasteiger partial charge in [-0.15, -0.1) is 11.3 Å². The van der Waals surface area contributed by atoms with Crippen LogP contribution in [0.15, 0.2) is 17.8 Å². The average Bonchev–Trinajstić information content (AvgIpc) is 2.76. The number of rotatable bonds is 6. The lowest BCUT2D eigenvalue weighted by Crippen LogP contribution is -2.08. The number of aryl methyl sites for hydroxylation is 1. The molecular formula is C12H17N5S. The molecule has 2 rings (SSSR count). The summed E-state index contributed by atoms with van der Waals surface area (Å²) >= 11 is 1.69. The monoisotopic (exact) mass is 263 g/mol. The Morgan fingerprint density at radius 3 is 2.67 bits per heavy atom. The SMILES string of the molecule is CCNc1cc(NCCc2csc(C)n2)ncn1. The molecule has 2 heterocycles. The van der Waals surface area contributed by atoms with Crippen LogP contribution in [0.1, 0.15) is 17.6 Å². The van der Waals surface area contributed by atoms with E-state index in [0.29, 0.717) is 0 Å². The zero-order valence-electron chi connectivity index (χ0n) is 10.6. The van der Waals surface area contributed by atoms with Crippen molar-refractivity contribution in [1.29, 1.82) is 0 Å². The fourth-order valence-electron chi connectivity index (χ4n) is 1.57. The number of aromatic nitrogens is 3. The fraction of sp³-hybridized carbons (Fsp3) is 0.417. The average molecular weight is 263 g/mol. The molecule has 0 aromatic carbocycles. The fourth-order valence-corrected chi connectivity index (χ4v) is 2.22. The first kappa shape index (κ1) is 12.8. The van der Waals surface area contributed by atoms with Gasteiger partial charge < -0.3 is 10.6 Å². The summed E-state index contributed by atoms with van der Waals surface area (Å²) in [4.78, 5) is 12.7. The van der Waals surface area contributed by atoms with E-state index in [2.05, 4.69) is 31.0 Å². The lowest BCUT2D eigenvalue weighted by atomic mass is 10.3. The number of anilines is 2. The molecule has 0 saturated heterocycles. The molecule has 0 fully saturated rings. The summed E-state index contributed by atoms with van der Waals surface area (Å²) in [6.07, 6.45) is 2.47. The van der Waals surface area contributed by atoms with Crippen LogP contribution in [-0.2, 0) is 6.42 Å². The Morgan fingerprint density at radius 1 is 1.22 bits per heavy atom. The van der Waals surface area contributed by atoms with Crippen molar-refractivity contribution < 1.29 is 0 Å². The molecule has 0 aliphatic rings. The van der Waals surface area contributed by atoms with E-state index >= 15 is 0 Å². The predicted molar refractivity (Wildman–Crippen MR) is 75.2 cm³/mol. The minimum Gasteiger partial charge on any atom is -0.370 e. The van der Waals surface area contributed by atoms with Crippen molar-refractivity contribution in [2.75, 3.05) is 23.7 Å². The molecule has 2 aromatic heterocycles. The maximum atomic E-state index is 4.42. The highest BCUT2D eigenvalue weighted by Crippen LogP contribution is 2.10. The number of hydrogen-bond acceptors (Lipinski definition) is 6. The van der Waals surface area contributed by atoms with E-state index in [4.69, 9.17) is 0 Å². The minimum absolute atomic E-state index is 0.825. The van der Waals surface area contributed by atoms with Gasteiger partial charge in [0.05, 0.1) is 10.7 Å². The maximum absolute atomic E-state index is 4.42. The van der Waals surface area contributed by atoms with Gasteiger partial charge in [-0.1, -0.05) is 0 Å². The first-order valence-corrected chi connectivity index (χ1v) is 6.86. The molecule has 2 aromatic rings. The van der Waals surface area contributed by atoms with Crippen LogP contribution >= 0.6 is 11.3 Å². The highest BCUT2D eigenvalue weighted by Gasteiger charge is 2.00. The number of hydrogen-bond donors (Lipinski definition) is 2. The summed E-state index contributed by atoms with van der Waals surface area (Å²) in [6.45, 7) is 5.74. The van der Waals surface area contributed by atoms with Gasteiger partial charge in [-0.3, -0.25) is 0 Å². The molecule has 0 saturated carbocycles. The minimum atomic E-state index is 0.825. The summed E-state index contributed by atoms with van der Waals surface area (Å²) in [7, 11) is 0. The Kier molecular flexibility index (Phi) is 4.46. The number of thiazole rings is 1.